The summed E-state index contributed by atoms with van der Waals surface area (Å²) in [6.45, 7) is 6.00. The Labute approximate surface area is 200 Å². The van der Waals surface area contributed by atoms with Gasteiger partial charge in [0.05, 0.1) is 0 Å². The number of benzene rings is 2. The maximum atomic E-state index is 13.3. The van der Waals surface area contributed by atoms with Crippen molar-refractivity contribution in [1.82, 2.24) is 10.2 Å². The molecule has 2 N–H and O–H groups in total. The molecule has 0 saturated carbocycles. The lowest BCUT2D eigenvalue weighted by Crippen LogP contribution is -2.57. The summed E-state index contributed by atoms with van der Waals surface area (Å²) in [4.78, 5) is 39.4. The molecule has 34 heavy (non-hydrogen) atoms. The Morgan fingerprint density at radius 3 is 2.24 bits per heavy atom. The van der Waals surface area contributed by atoms with Gasteiger partial charge >= 0.3 is 12.1 Å². The third-order valence-electron chi connectivity index (χ3n) is 7.01. The number of carboxylic acid groups (broad SMARTS) is 1. The van der Waals surface area contributed by atoms with Gasteiger partial charge in [0, 0.05) is 12.5 Å². The number of hydrogen-bond acceptors (Lipinski definition) is 4. The average Bonchev–Trinajstić information content (AvgIpc) is 3.35. The zero-order valence-corrected chi connectivity index (χ0v) is 19.9. The zero-order chi connectivity index (χ0) is 24.5. The number of ether oxygens (including phenoxy) is 1. The molecule has 1 aliphatic heterocycles. The van der Waals surface area contributed by atoms with E-state index in [0.717, 1.165) is 22.3 Å². The van der Waals surface area contributed by atoms with Crippen molar-refractivity contribution in [1.29, 1.82) is 0 Å². The molecular weight excluding hydrogens is 432 g/mol. The Kier molecular flexibility index (Phi) is 6.64. The van der Waals surface area contributed by atoms with Crippen LogP contribution in [-0.2, 0) is 14.3 Å². The third kappa shape index (κ3) is 4.39. The number of carbonyl (C=O) groups excluding carboxylic acids is 2. The third-order valence-corrected chi connectivity index (χ3v) is 7.01. The number of nitrogens with zero attached hydrogens (tertiary/aromatic N) is 1. The fraction of sp³-hybridized carbons (Fsp3) is 0.444. The van der Waals surface area contributed by atoms with Gasteiger partial charge in [0.15, 0.2) is 0 Å². The first kappa shape index (κ1) is 23.8. The first-order valence-electron chi connectivity index (χ1n) is 11.9. The summed E-state index contributed by atoms with van der Waals surface area (Å²) in [5, 5.41) is 12.4. The van der Waals surface area contributed by atoms with Gasteiger partial charge in [-0.25, -0.2) is 9.59 Å². The molecule has 7 heteroatoms. The van der Waals surface area contributed by atoms with Gasteiger partial charge in [0.2, 0.25) is 5.91 Å². The molecule has 0 radical (unpaired) electrons. The molecule has 2 amide bonds. The second-order valence-electron chi connectivity index (χ2n) is 9.82. The molecule has 0 bridgehead atoms. The maximum Gasteiger partial charge on any atom is 0.407 e. The lowest BCUT2D eigenvalue weighted by atomic mass is 9.97. The van der Waals surface area contributed by atoms with Gasteiger partial charge in [-0.05, 0) is 54.4 Å². The minimum atomic E-state index is -1.25. The van der Waals surface area contributed by atoms with Crippen LogP contribution in [0.15, 0.2) is 48.5 Å². The number of carboxylic acids is 1. The van der Waals surface area contributed by atoms with E-state index in [9.17, 15) is 19.5 Å². The van der Waals surface area contributed by atoms with Gasteiger partial charge in [-0.2, -0.15) is 0 Å². The molecule has 1 aliphatic carbocycles. The van der Waals surface area contributed by atoms with E-state index in [0.29, 0.717) is 25.8 Å². The Balaban J connectivity index is 1.46. The highest BCUT2D eigenvalue weighted by Gasteiger charge is 2.47. The van der Waals surface area contributed by atoms with Crippen LogP contribution in [-0.4, -0.2) is 52.7 Å². The summed E-state index contributed by atoms with van der Waals surface area (Å²) < 4.78 is 5.63. The molecule has 4 rings (SSSR count). The van der Waals surface area contributed by atoms with E-state index >= 15 is 0 Å². The molecule has 1 heterocycles. The molecule has 2 atom stereocenters. The number of hydrogen-bond donors (Lipinski definition) is 2. The zero-order valence-electron chi connectivity index (χ0n) is 19.9. The molecule has 2 aromatic carbocycles. The van der Waals surface area contributed by atoms with Crippen molar-refractivity contribution in [3.05, 3.63) is 59.7 Å². The first-order valence-corrected chi connectivity index (χ1v) is 11.9. The topological polar surface area (TPSA) is 95.9 Å². The number of amides is 2. The Hall–Kier alpha value is -3.35. The van der Waals surface area contributed by atoms with E-state index in [2.05, 4.69) is 17.4 Å². The van der Waals surface area contributed by atoms with Crippen LogP contribution in [0.3, 0.4) is 0 Å². The molecule has 180 valence electrons. The van der Waals surface area contributed by atoms with Crippen molar-refractivity contribution >= 4 is 18.0 Å². The summed E-state index contributed by atoms with van der Waals surface area (Å²) in [5.74, 6) is -1.35. The van der Waals surface area contributed by atoms with Crippen molar-refractivity contribution in [2.45, 2.75) is 57.5 Å². The quantitative estimate of drug-likeness (QED) is 0.633. The molecular formula is C27H32N2O5. The van der Waals surface area contributed by atoms with Crippen molar-refractivity contribution in [3.8, 4) is 11.1 Å². The van der Waals surface area contributed by atoms with Crippen molar-refractivity contribution < 1.29 is 24.2 Å². The van der Waals surface area contributed by atoms with Crippen LogP contribution in [0.25, 0.3) is 11.1 Å². The fourth-order valence-electron chi connectivity index (χ4n) is 5.20. The summed E-state index contributed by atoms with van der Waals surface area (Å²) in [5.41, 5.74) is 3.25. The molecule has 1 saturated heterocycles. The van der Waals surface area contributed by atoms with Crippen LogP contribution in [0.5, 0.6) is 0 Å². The molecule has 2 aliphatic rings. The second-order valence-corrected chi connectivity index (χ2v) is 9.82. The number of carbonyl (C=O) groups is 3. The number of nitrogens with one attached hydrogen (secondary N) is 1. The number of alkyl carbamates (subject to hydrolysis) is 1. The minimum absolute atomic E-state index is 0.0775. The van der Waals surface area contributed by atoms with Crippen molar-refractivity contribution in [2.75, 3.05) is 13.2 Å². The summed E-state index contributed by atoms with van der Waals surface area (Å²) in [6, 6.07) is 15.3. The molecule has 0 unspecified atom stereocenters. The Morgan fingerprint density at radius 2 is 1.68 bits per heavy atom. The predicted molar refractivity (Wildman–Crippen MR) is 128 cm³/mol. The smallest absolute Gasteiger partial charge is 0.407 e. The van der Waals surface area contributed by atoms with E-state index in [1.54, 1.807) is 6.92 Å². The number of aliphatic carboxylic acids is 1. The highest BCUT2D eigenvalue weighted by atomic mass is 16.5. The monoisotopic (exact) mass is 464 g/mol. The summed E-state index contributed by atoms with van der Waals surface area (Å²) in [7, 11) is 0. The van der Waals surface area contributed by atoms with Crippen LogP contribution in [0.1, 0.15) is 57.1 Å². The van der Waals surface area contributed by atoms with Crippen LogP contribution < -0.4 is 5.32 Å². The molecule has 0 aromatic heterocycles. The lowest BCUT2D eigenvalue weighted by molar-refractivity contribution is -0.156. The van der Waals surface area contributed by atoms with Gasteiger partial charge < -0.3 is 20.1 Å². The molecule has 7 nitrogen and oxygen atoms in total. The fourth-order valence-corrected chi connectivity index (χ4v) is 5.20. The standard InChI is InChI=1S/C27H32N2O5/c1-17(2)15-23(24(30)29-14-8-13-27(29,3)25(31)32)28-26(33)34-16-22-20-11-6-4-9-18(20)19-10-5-7-12-21(19)22/h4-7,9-12,17,22-23H,8,13-16H2,1-3H3,(H,28,33)(H,31,32)/t23-,27+/m1/s1. The van der Waals surface area contributed by atoms with E-state index in [1.807, 2.05) is 50.2 Å². The Bertz CT molecular complexity index is 1050. The van der Waals surface area contributed by atoms with Crippen LogP contribution in [0, 0.1) is 5.92 Å². The van der Waals surface area contributed by atoms with E-state index in [4.69, 9.17) is 4.74 Å². The van der Waals surface area contributed by atoms with Gasteiger partial charge in [-0.1, -0.05) is 62.4 Å². The second kappa shape index (κ2) is 9.49. The van der Waals surface area contributed by atoms with Crippen molar-refractivity contribution in [3.63, 3.8) is 0 Å². The van der Waals surface area contributed by atoms with Gasteiger partial charge in [-0.15, -0.1) is 0 Å². The maximum absolute atomic E-state index is 13.3. The van der Waals surface area contributed by atoms with Crippen LogP contribution >= 0.6 is 0 Å². The number of likely N-dealkylation sites (tertiary alicyclic amines) is 1. The van der Waals surface area contributed by atoms with E-state index < -0.39 is 23.6 Å². The first-order chi connectivity index (χ1) is 16.2. The lowest BCUT2D eigenvalue weighted by Gasteiger charge is -2.34. The van der Waals surface area contributed by atoms with Gasteiger partial charge in [0.25, 0.3) is 0 Å². The van der Waals surface area contributed by atoms with Gasteiger partial charge in [0.1, 0.15) is 18.2 Å². The molecule has 2 aromatic rings. The normalized spacial score (nSPS) is 20.1. The van der Waals surface area contributed by atoms with Gasteiger partial charge in [-0.3, -0.25) is 4.79 Å². The Morgan fingerprint density at radius 1 is 1.09 bits per heavy atom. The van der Waals surface area contributed by atoms with Crippen LogP contribution in [0.4, 0.5) is 4.79 Å². The largest absolute Gasteiger partial charge is 0.480 e. The number of fused-ring (bicyclic) bond motifs is 3. The van der Waals surface area contributed by atoms with Crippen LogP contribution in [0.2, 0.25) is 0 Å². The van der Waals surface area contributed by atoms with Crippen molar-refractivity contribution in [2.24, 2.45) is 5.92 Å². The summed E-state index contributed by atoms with van der Waals surface area (Å²) >= 11 is 0. The highest BCUT2D eigenvalue weighted by Crippen LogP contribution is 2.44. The number of rotatable bonds is 7. The van der Waals surface area contributed by atoms with E-state index in [-0.39, 0.29) is 24.3 Å². The summed E-state index contributed by atoms with van der Waals surface area (Å²) in [6.07, 6.45) is 0.744. The minimum Gasteiger partial charge on any atom is -0.480 e. The van der Waals surface area contributed by atoms with E-state index in [1.165, 1.54) is 4.90 Å². The predicted octanol–water partition coefficient (Wildman–Crippen LogP) is 4.41. The highest BCUT2D eigenvalue weighted by molar-refractivity contribution is 5.91. The average molecular weight is 465 g/mol. The molecule has 1 fully saturated rings. The molecule has 0 spiro atoms. The SMILES string of the molecule is CC(C)C[C@@H](NC(=O)OCC1c2ccccc2-c2ccccc21)C(=O)N1CCC[C@@]1(C)C(=O)O.